The van der Waals surface area contributed by atoms with E-state index in [1.165, 1.54) is 17.4 Å². The second kappa shape index (κ2) is 6.26. The van der Waals surface area contributed by atoms with Gasteiger partial charge in [-0.2, -0.15) is 5.10 Å². The molecule has 100 valence electrons. The minimum Gasteiger partial charge on any atom is -0.392 e. The van der Waals surface area contributed by atoms with Crippen molar-refractivity contribution in [1.82, 2.24) is 20.5 Å². The molecule has 6 nitrogen and oxygen atoms in total. The molecule has 7 heteroatoms. The predicted molar refractivity (Wildman–Crippen MR) is 72.2 cm³/mol. The number of nitrogens with zero attached hydrogens (tertiary/aromatic N) is 2. The lowest BCUT2D eigenvalue weighted by molar-refractivity contribution is -0.116. The lowest BCUT2D eigenvalue weighted by Crippen LogP contribution is -2.20. The van der Waals surface area contributed by atoms with Gasteiger partial charge in [0, 0.05) is 11.0 Å². The summed E-state index contributed by atoms with van der Waals surface area (Å²) in [4.78, 5) is 16.6. The normalized spacial score (nSPS) is 11.1. The molecule has 0 saturated heterocycles. The van der Waals surface area contributed by atoms with Gasteiger partial charge in [0.05, 0.1) is 13.2 Å². The number of aryl methyl sites for hydroxylation is 1. The van der Waals surface area contributed by atoms with Gasteiger partial charge in [-0.1, -0.05) is 0 Å². The van der Waals surface area contributed by atoms with Gasteiger partial charge in [-0.05, 0) is 30.0 Å². The van der Waals surface area contributed by atoms with Crippen molar-refractivity contribution in [3.05, 3.63) is 39.6 Å². The minimum absolute atomic E-state index is 0.0146. The maximum absolute atomic E-state index is 11.6. The third-order valence-corrected chi connectivity index (χ3v) is 3.27. The number of thiophene rings is 1. The second-order valence-corrected chi connectivity index (χ2v) is 4.85. The molecule has 2 heterocycles. The van der Waals surface area contributed by atoms with E-state index >= 15 is 0 Å². The zero-order valence-electron chi connectivity index (χ0n) is 10.4. The molecule has 2 rings (SSSR count). The first kappa shape index (κ1) is 13.4. The minimum atomic E-state index is -0.207. The molecule has 0 aliphatic rings. The molecule has 0 saturated carbocycles. The number of H-pyrrole nitrogens is 1. The fourth-order valence-corrected chi connectivity index (χ4v) is 2.21. The molecule has 0 aliphatic carbocycles. The molecule has 3 N–H and O–H groups in total. The highest BCUT2D eigenvalue weighted by molar-refractivity contribution is 7.11. The molecule has 0 radical (unpaired) electrons. The van der Waals surface area contributed by atoms with Gasteiger partial charge in [-0.15, -0.1) is 11.3 Å². The topological polar surface area (TPSA) is 90.9 Å². The highest BCUT2D eigenvalue weighted by Crippen LogP contribution is 2.15. The summed E-state index contributed by atoms with van der Waals surface area (Å²) in [5, 5.41) is 20.1. The van der Waals surface area contributed by atoms with Crippen LogP contribution in [0.4, 0.5) is 0 Å². The van der Waals surface area contributed by atoms with E-state index in [2.05, 4.69) is 20.5 Å². The fourth-order valence-electron chi connectivity index (χ4n) is 1.42. The number of aliphatic hydroxyl groups excluding tert-OH is 1. The maximum Gasteiger partial charge on any atom is 0.244 e. The van der Waals surface area contributed by atoms with E-state index in [9.17, 15) is 4.79 Å². The Balaban J connectivity index is 1.83. The molecule has 0 atom stereocenters. The van der Waals surface area contributed by atoms with E-state index in [-0.39, 0.29) is 12.5 Å². The maximum atomic E-state index is 11.6. The van der Waals surface area contributed by atoms with Gasteiger partial charge in [0.25, 0.3) is 0 Å². The lowest BCUT2D eigenvalue weighted by Gasteiger charge is -1.96. The van der Waals surface area contributed by atoms with E-state index in [1.807, 2.05) is 11.4 Å². The average Bonchev–Trinajstić information content (AvgIpc) is 3.02. The lowest BCUT2D eigenvalue weighted by atomic mass is 10.3. The van der Waals surface area contributed by atoms with Gasteiger partial charge in [-0.3, -0.25) is 9.89 Å². The molecule has 1 amide bonds. The molecular formula is C12H14N4O2S. The Labute approximate surface area is 114 Å². The van der Waals surface area contributed by atoms with Crippen molar-refractivity contribution in [2.45, 2.75) is 20.1 Å². The predicted octanol–water partition coefficient (Wildman–Crippen LogP) is 0.997. The van der Waals surface area contributed by atoms with E-state index in [0.717, 1.165) is 16.3 Å². The second-order valence-electron chi connectivity index (χ2n) is 3.90. The summed E-state index contributed by atoms with van der Waals surface area (Å²) in [6.45, 7) is 2.11. The zero-order chi connectivity index (χ0) is 13.7. The van der Waals surface area contributed by atoms with Crippen LogP contribution in [0.25, 0.3) is 6.08 Å². The Hall–Kier alpha value is -1.99. The zero-order valence-corrected chi connectivity index (χ0v) is 11.2. The van der Waals surface area contributed by atoms with Crippen molar-refractivity contribution in [2.24, 2.45) is 0 Å². The molecule has 0 fully saturated rings. The van der Waals surface area contributed by atoms with Crippen LogP contribution >= 0.6 is 11.3 Å². The number of hydrogen-bond donors (Lipinski definition) is 3. The van der Waals surface area contributed by atoms with Gasteiger partial charge < -0.3 is 10.4 Å². The van der Waals surface area contributed by atoms with Crippen LogP contribution in [0.15, 0.2) is 17.5 Å². The summed E-state index contributed by atoms with van der Waals surface area (Å²) >= 11 is 1.48. The average molecular weight is 278 g/mol. The Kier molecular flexibility index (Phi) is 4.43. The largest absolute Gasteiger partial charge is 0.392 e. The van der Waals surface area contributed by atoms with Crippen LogP contribution in [0, 0.1) is 6.92 Å². The van der Waals surface area contributed by atoms with Gasteiger partial charge in [-0.25, -0.2) is 4.98 Å². The first-order chi connectivity index (χ1) is 9.17. The molecule has 2 aromatic heterocycles. The van der Waals surface area contributed by atoms with Crippen LogP contribution < -0.4 is 5.32 Å². The first-order valence-electron chi connectivity index (χ1n) is 5.69. The van der Waals surface area contributed by atoms with Crippen molar-refractivity contribution >= 4 is 23.3 Å². The third-order valence-electron chi connectivity index (χ3n) is 2.32. The standard InChI is InChI=1S/C12H14N4O2S/c1-8-14-11(16-15-8)5-13-12(18)3-2-10-4-9(6-17)7-19-10/h2-4,7,17H,5-6H2,1H3,(H,13,18)(H,14,15,16)/b3-2+. The van der Waals surface area contributed by atoms with Gasteiger partial charge >= 0.3 is 0 Å². The first-order valence-corrected chi connectivity index (χ1v) is 6.57. The quantitative estimate of drug-likeness (QED) is 0.711. The Bertz CT molecular complexity index is 588. The van der Waals surface area contributed by atoms with E-state index in [4.69, 9.17) is 5.11 Å². The summed E-state index contributed by atoms with van der Waals surface area (Å²) in [5.41, 5.74) is 0.848. The number of carbonyl (C=O) groups excluding carboxylic acids is 1. The number of hydrogen-bond acceptors (Lipinski definition) is 5. The molecule has 0 aromatic carbocycles. The van der Waals surface area contributed by atoms with Crippen LogP contribution in [-0.4, -0.2) is 26.2 Å². The SMILES string of the molecule is Cc1nc(CNC(=O)/C=C/c2cc(CO)cs2)n[nH]1. The Morgan fingerprint density at radius 3 is 3.11 bits per heavy atom. The number of amides is 1. The van der Waals surface area contributed by atoms with Crippen molar-refractivity contribution < 1.29 is 9.90 Å². The number of aliphatic hydroxyl groups is 1. The summed E-state index contributed by atoms with van der Waals surface area (Å²) < 4.78 is 0. The van der Waals surface area contributed by atoms with Crippen LogP contribution in [0.1, 0.15) is 22.1 Å². The molecule has 19 heavy (non-hydrogen) atoms. The smallest absolute Gasteiger partial charge is 0.244 e. The number of aromatic nitrogens is 3. The van der Waals surface area contributed by atoms with E-state index in [1.54, 1.807) is 13.0 Å². The summed E-state index contributed by atoms with van der Waals surface area (Å²) in [5.74, 6) is 1.06. The van der Waals surface area contributed by atoms with E-state index in [0.29, 0.717) is 12.4 Å². The Morgan fingerprint density at radius 1 is 1.63 bits per heavy atom. The molecule has 0 bridgehead atoms. The number of aromatic amines is 1. The van der Waals surface area contributed by atoms with Crippen molar-refractivity contribution in [1.29, 1.82) is 0 Å². The van der Waals surface area contributed by atoms with Crippen molar-refractivity contribution in [3.8, 4) is 0 Å². The highest BCUT2D eigenvalue weighted by atomic mass is 32.1. The van der Waals surface area contributed by atoms with Crippen LogP contribution in [-0.2, 0) is 17.9 Å². The summed E-state index contributed by atoms with van der Waals surface area (Å²) in [7, 11) is 0. The van der Waals surface area contributed by atoms with Crippen LogP contribution in [0.2, 0.25) is 0 Å². The molecule has 0 unspecified atom stereocenters. The van der Waals surface area contributed by atoms with Crippen LogP contribution in [0.5, 0.6) is 0 Å². The van der Waals surface area contributed by atoms with Crippen molar-refractivity contribution in [2.75, 3.05) is 0 Å². The number of rotatable bonds is 5. The monoisotopic (exact) mass is 278 g/mol. The Morgan fingerprint density at radius 2 is 2.47 bits per heavy atom. The number of nitrogens with one attached hydrogen (secondary N) is 2. The van der Waals surface area contributed by atoms with Gasteiger partial charge in [0.15, 0.2) is 5.82 Å². The molecule has 2 aromatic rings. The van der Waals surface area contributed by atoms with Gasteiger partial charge in [0.2, 0.25) is 5.91 Å². The van der Waals surface area contributed by atoms with E-state index < -0.39 is 0 Å². The van der Waals surface area contributed by atoms with Gasteiger partial charge in [0.1, 0.15) is 5.82 Å². The molecule has 0 spiro atoms. The van der Waals surface area contributed by atoms with Crippen LogP contribution in [0.3, 0.4) is 0 Å². The third kappa shape index (κ3) is 4.01. The number of carbonyl (C=O) groups is 1. The highest BCUT2D eigenvalue weighted by Gasteiger charge is 2.01. The molecular weight excluding hydrogens is 264 g/mol. The summed E-state index contributed by atoms with van der Waals surface area (Å²) in [6.07, 6.45) is 3.16. The summed E-state index contributed by atoms with van der Waals surface area (Å²) in [6, 6.07) is 1.84. The van der Waals surface area contributed by atoms with Crippen molar-refractivity contribution in [3.63, 3.8) is 0 Å². The fraction of sp³-hybridized carbons (Fsp3) is 0.250. The molecule has 0 aliphatic heterocycles.